The van der Waals surface area contributed by atoms with Crippen LogP contribution in [0.1, 0.15) is 5.56 Å². The van der Waals surface area contributed by atoms with E-state index in [2.05, 4.69) is 15.8 Å². The van der Waals surface area contributed by atoms with Crippen LogP contribution in [0.3, 0.4) is 0 Å². The normalized spacial score (nSPS) is 9.65. The molecule has 0 spiro atoms. The van der Waals surface area contributed by atoms with Gasteiger partial charge in [0.2, 0.25) is 0 Å². The summed E-state index contributed by atoms with van der Waals surface area (Å²) in [4.78, 5) is 0. The summed E-state index contributed by atoms with van der Waals surface area (Å²) in [6.07, 6.45) is 0. The monoisotopic (exact) mass is 263 g/mol. The third-order valence-corrected chi connectivity index (χ3v) is 3.42. The van der Waals surface area contributed by atoms with Crippen LogP contribution >= 0.6 is 23.8 Å². The fourth-order valence-electron chi connectivity index (χ4n) is 1.36. The van der Waals surface area contributed by atoms with E-state index in [1.165, 1.54) is 11.5 Å². The predicted molar refractivity (Wildman–Crippen MR) is 70.5 cm³/mol. The van der Waals surface area contributed by atoms with Gasteiger partial charge in [-0.15, -0.1) is 0 Å². The van der Waals surface area contributed by atoms with Crippen LogP contribution in [0.4, 0.5) is 10.7 Å². The quantitative estimate of drug-likeness (QED) is 0.833. The summed E-state index contributed by atoms with van der Waals surface area (Å²) in [5, 5.41) is 12.8. The molecule has 0 saturated heterocycles. The molecule has 4 nitrogen and oxygen atoms in total. The molecule has 0 saturated carbocycles. The highest BCUT2D eigenvalue weighted by Gasteiger charge is 2.09. The zero-order valence-electron chi connectivity index (χ0n) is 8.98. The van der Waals surface area contributed by atoms with Gasteiger partial charge >= 0.3 is 0 Å². The number of hydrogen-bond acceptors (Lipinski definition) is 5. The first kappa shape index (κ1) is 11.6. The van der Waals surface area contributed by atoms with E-state index in [4.69, 9.17) is 22.2 Å². The van der Waals surface area contributed by atoms with E-state index in [9.17, 15) is 0 Å². The molecule has 2 N–H and O–H groups in total. The van der Waals surface area contributed by atoms with Crippen molar-refractivity contribution in [2.75, 3.05) is 12.4 Å². The van der Waals surface area contributed by atoms with Crippen LogP contribution < -0.4 is 10.1 Å². The topological polar surface area (TPSA) is 60.8 Å². The lowest BCUT2D eigenvalue weighted by molar-refractivity contribution is 0.417. The summed E-state index contributed by atoms with van der Waals surface area (Å²) >= 11 is 6.31. The molecule has 1 aromatic carbocycles. The number of nitrogens with one attached hydrogen (secondary N) is 2. The maximum absolute atomic E-state index is 8.99. The first-order chi connectivity index (χ1) is 8.26. The summed E-state index contributed by atoms with van der Waals surface area (Å²) in [6, 6.07) is 9.57. The summed E-state index contributed by atoms with van der Waals surface area (Å²) in [5.74, 6) is 0.718. The molecule has 0 aliphatic rings. The standard InChI is InChI=1S/C11H9N3OS2/c1-15-9-5-3-2-4-8(9)13-11-7(6-12)10(16)14-17-11/h2-5,13H,1H3,(H,14,16). The van der Waals surface area contributed by atoms with Crippen LogP contribution in [0.2, 0.25) is 0 Å². The molecule has 0 aliphatic carbocycles. The number of H-pyrrole nitrogens is 1. The Labute approximate surface area is 108 Å². The third kappa shape index (κ3) is 2.30. The first-order valence-electron chi connectivity index (χ1n) is 4.78. The van der Waals surface area contributed by atoms with Gasteiger partial charge in [0.25, 0.3) is 0 Å². The van der Waals surface area contributed by atoms with Gasteiger partial charge in [0.1, 0.15) is 27.0 Å². The van der Waals surface area contributed by atoms with Crippen LogP contribution in [-0.4, -0.2) is 11.5 Å². The minimum atomic E-state index is 0.454. The minimum absolute atomic E-state index is 0.454. The van der Waals surface area contributed by atoms with Gasteiger partial charge in [-0.1, -0.05) is 24.4 Å². The molecule has 1 heterocycles. The number of nitrogens with zero attached hydrogens (tertiary/aromatic N) is 1. The van der Waals surface area contributed by atoms with Gasteiger partial charge in [-0.3, -0.25) is 4.37 Å². The Morgan fingerprint density at radius 1 is 1.47 bits per heavy atom. The Bertz CT molecular complexity index is 624. The van der Waals surface area contributed by atoms with Gasteiger partial charge in [-0.2, -0.15) is 5.26 Å². The summed E-state index contributed by atoms with van der Waals surface area (Å²) in [5.41, 5.74) is 1.26. The van der Waals surface area contributed by atoms with Crippen molar-refractivity contribution in [3.05, 3.63) is 34.5 Å². The molecule has 1 aromatic heterocycles. The zero-order valence-corrected chi connectivity index (χ0v) is 10.6. The molecular formula is C11H9N3OS2. The molecule has 86 valence electrons. The predicted octanol–water partition coefficient (Wildman–Crippen LogP) is 3.43. The SMILES string of the molecule is COc1ccccc1Nc1s[nH]c(=S)c1C#N. The van der Waals surface area contributed by atoms with Crippen molar-refractivity contribution in [2.45, 2.75) is 0 Å². The van der Waals surface area contributed by atoms with Crippen LogP contribution in [0.25, 0.3) is 0 Å². The Morgan fingerprint density at radius 2 is 2.24 bits per heavy atom. The lowest BCUT2D eigenvalue weighted by atomic mass is 10.3. The summed E-state index contributed by atoms with van der Waals surface area (Å²) in [6.45, 7) is 0. The highest BCUT2D eigenvalue weighted by molar-refractivity contribution is 7.71. The van der Waals surface area contributed by atoms with Crippen molar-refractivity contribution in [3.8, 4) is 11.8 Å². The Kier molecular flexibility index (Phi) is 3.42. The van der Waals surface area contributed by atoms with Crippen LogP contribution in [0.5, 0.6) is 5.75 Å². The second-order valence-electron chi connectivity index (χ2n) is 3.17. The molecule has 0 atom stereocenters. The molecule has 2 rings (SSSR count). The van der Waals surface area contributed by atoms with E-state index in [0.29, 0.717) is 15.2 Å². The fourth-order valence-corrected chi connectivity index (χ4v) is 2.41. The Balaban J connectivity index is 2.39. The van der Waals surface area contributed by atoms with Crippen molar-refractivity contribution < 1.29 is 4.74 Å². The van der Waals surface area contributed by atoms with Gasteiger partial charge in [0, 0.05) is 0 Å². The third-order valence-electron chi connectivity index (χ3n) is 2.17. The van der Waals surface area contributed by atoms with Gasteiger partial charge in [-0.05, 0) is 23.7 Å². The first-order valence-corrected chi connectivity index (χ1v) is 6.00. The second-order valence-corrected chi connectivity index (χ2v) is 4.40. The molecule has 0 unspecified atom stereocenters. The Morgan fingerprint density at radius 3 is 2.94 bits per heavy atom. The molecule has 0 fully saturated rings. The molecule has 0 aliphatic heterocycles. The van der Waals surface area contributed by atoms with Crippen molar-refractivity contribution in [3.63, 3.8) is 0 Å². The molecular weight excluding hydrogens is 254 g/mol. The van der Waals surface area contributed by atoms with E-state index in [-0.39, 0.29) is 0 Å². The molecule has 0 amide bonds. The number of rotatable bonds is 3. The van der Waals surface area contributed by atoms with Crippen molar-refractivity contribution >= 4 is 34.4 Å². The van der Waals surface area contributed by atoms with E-state index < -0.39 is 0 Å². The molecule has 17 heavy (non-hydrogen) atoms. The summed E-state index contributed by atoms with van der Waals surface area (Å²) < 4.78 is 8.55. The van der Waals surface area contributed by atoms with E-state index in [0.717, 1.165) is 11.4 Å². The van der Waals surface area contributed by atoms with Crippen molar-refractivity contribution in [2.24, 2.45) is 0 Å². The van der Waals surface area contributed by atoms with Crippen molar-refractivity contribution in [1.29, 1.82) is 5.26 Å². The van der Waals surface area contributed by atoms with Gasteiger partial charge < -0.3 is 10.1 Å². The maximum atomic E-state index is 8.99. The number of ether oxygens (including phenoxy) is 1. The second kappa shape index (κ2) is 4.99. The number of para-hydroxylation sites is 2. The number of methoxy groups -OCH3 is 1. The highest BCUT2D eigenvalue weighted by Crippen LogP contribution is 2.30. The largest absolute Gasteiger partial charge is 0.495 e. The number of benzene rings is 1. The van der Waals surface area contributed by atoms with E-state index >= 15 is 0 Å². The molecule has 2 aromatic rings. The highest BCUT2D eigenvalue weighted by atomic mass is 32.1. The average molecular weight is 263 g/mol. The minimum Gasteiger partial charge on any atom is -0.495 e. The van der Waals surface area contributed by atoms with Crippen LogP contribution in [0, 0.1) is 16.0 Å². The van der Waals surface area contributed by atoms with Gasteiger partial charge in [0.15, 0.2) is 0 Å². The number of nitriles is 1. The van der Waals surface area contributed by atoms with E-state index in [1.807, 2.05) is 24.3 Å². The maximum Gasteiger partial charge on any atom is 0.142 e. The molecule has 0 bridgehead atoms. The lowest BCUT2D eigenvalue weighted by Crippen LogP contribution is -1.93. The molecule has 6 heteroatoms. The van der Waals surface area contributed by atoms with Gasteiger partial charge in [0.05, 0.1) is 12.8 Å². The lowest BCUT2D eigenvalue weighted by Gasteiger charge is -2.08. The number of anilines is 2. The fraction of sp³-hybridized carbons (Fsp3) is 0.0909. The smallest absolute Gasteiger partial charge is 0.142 e. The van der Waals surface area contributed by atoms with Crippen LogP contribution in [-0.2, 0) is 0 Å². The van der Waals surface area contributed by atoms with Gasteiger partial charge in [-0.25, -0.2) is 0 Å². The number of hydrogen-bond donors (Lipinski definition) is 2. The zero-order chi connectivity index (χ0) is 12.3. The number of aromatic nitrogens is 1. The van der Waals surface area contributed by atoms with Crippen LogP contribution in [0.15, 0.2) is 24.3 Å². The Hall–Kier alpha value is -1.84. The summed E-state index contributed by atoms with van der Waals surface area (Å²) in [7, 11) is 1.60. The van der Waals surface area contributed by atoms with E-state index in [1.54, 1.807) is 7.11 Å². The van der Waals surface area contributed by atoms with Crippen molar-refractivity contribution in [1.82, 2.24) is 4.37 Å². The average Bonchev–Trinajstić information content (AvgIpc) is 2.70. The molecule has 0 radical (unpaired) electrons. The number of aromatic amines is 1.